The lowest BCUT2D eigenvalue weighted by atomic mass is 10.1. The van der Waals surface area contributed by atoms with Gasteiger partial charge in [0.2, 0.25) is 6.54 Å². The second kappa shape index (κ2) is 12.9. The van der Waals surface area contributed by atoms with E-state index < -0.39 is 38.2 Å². The van der Waals surface area contributed by atoms with Crippen LogP contribution in [0.3, 0.4) is 0 Å². The molecule has 1 N–H and O–H groups in total. The monoisotopic (exact) mass is 492 g/mol. The van der Waals surface area contributed by atoms with E-state index in [-0.39, 0.29) is 50.3 Å². The van der Waals surface area contributed by atoms with Crippen LogP contribution in [-0.4, -0.2) is 57.4 Å². The normalized spacial score (nSPS) is 21.1. The standard InChI is InChI=1S/C23H33N4O6P/c1-8-9-10-18(28)21-19(13-20(32-21)26-14-17(6)22(29)25-23(26)30)33-34(31-12-11-24-7)27(15(2)3)16(4)5/h1,14-16,19-21H,9-13H2,2-6H3,(H,25,29,30)/t19-,20-,21-,34?/m1/s1. The molecule has 10 nitrogen and oxygen atoms in total. The summed E-state index contributed by atoms with van der Waals surface area (Å²) in [7, 11) is -1.62. The van der Waals surface area contributed by atoms with Crippen molar-refractivity contribution < 1.29 is 18.6 Å². The number of ketones is 1. The lowest BCUT2D eigenvalue weighted by molar-refractivity contribution is -0.135. The number of terminal acetylenes is 1. The molecule has 1 unspecified atom stereocenters. The molecule has 1 saturated heterocycles. The third-order valence-corrected chi connectivity index (χ3v) is 7.40. The maximum atomic E-state index is 12.9. The number of H-pyrrole nitrogens is 1. The second-order valence-electron chi connectivity index (χ2n) is 8.56. The van der Waals surface area contributed by atoms with Crippen molar-refractivity contribution in [1.29, 1.82) is 0 Å². The molecule has 1 aromatic rings. The van der Waals surface area contributed by atoms with Crippen LogP contribution in [0.4, 0.5) is 0 Å². The van der Waals surface area contributed by atoms with Crippen LogP contribution in [0.25, 0.3) is 4.85 Å². The molecule has 0 bridgehead atoms. The van der Waals surface area contributed by atoms with Crippen LogP contribution in [0.1, 0.15) is 58.7 Å². The van der Waals surface area contributed by atoms with Crippen molar-refractivity contribution in [1.82, 2.24) is 14.2 Å². The summed E-state index contributed by atoms with van der Waals surface area (Å²) in [5.74, 6) is 2.23. The fraction of sp³-hybridized carbons (Fsp3) is 0.652. The van der Waals surface area contributed by atoms with Gasteiger partial charge in [-0.2, -0.15) is 0 Å². The molecule has 0 radical (unpaired) electrons. The van der Waals surface area contributed by atoms with Gasteiger partial charge in [-0.15, -0.1) is 12.3 Å². The highest BCUT2D eigenvalue weighted by Crippen LogP contribution is 2.49. The van der Waals surface area contributed by atoms with E-state index in [9.17, 15) is 14.4 Å². The van der Waals surface area contributed by atoms with Gasteiger partial charge in [-0.1, -0.05) is 0 Å². The average Bonchev–Trinajstić information content (AvgIpc) is 3.17. The molecule has 34 heavy (non-hydrogen) atoms. The van der Waals surface area contributed by atoms with E-state index in [0.717, 1.165) is 0 Å². The molecule has 4 atom stereocenters. The minimum Gasteiger partial charge on any atom is -0.344 e. The van der Waals surface area contributed by atoms with E-state index in [1.807, 2.05) is 27.7 Å². The summed E-state index contributed by atoms with van der Waals surface area (Å²) in [6.07, 6.45) is 4.87. The number of carbonyl (C=O) groups excluding carboxylic acids is 1. The molecule has 11 heteroatoms. The Kier molecular flexibility index (Phi) is 10.6. The third kappa shape index (κ3) is 7.09. The van der Waals surface area contributed by atoms with Gasteiger partial charge in [-0.05, 0) is 34.6 Å². The molecule has 2 heterocycles. The van der Waals surface area contributed by atoms with Crippen molar-refractivity contribution >= 4 is 14.3 Å². The highest BCUT2D eigenvalue weighted by molar-refractivity contribution is 7.44. The summed E-state index contributed by atoms with van der Waals surface area (Å²) in [6, 6.07) is 0.162. The number of nitrogens with zero attached hydrogens (tertiary/aromatic N) is 3. The van der Waals surface area contributed by atoms with Gasteiger partial charge in [0.15, 0.2) is 5.78 Å². The van der Waals surface area contributed by atoms with E-state index in [2.05, 4.69) is 20.4 Å². The number of aromatic amines is 1. The van der Waals surface area contributed by atoms with Crippen molar-refractivity contribution in [2.24, 2.45) is 0 Å². The smallest absolute Gasteiger partial charge is 0.330 e. The van der Waals surface area contributed by atoms with Crippen LogP contribution in [0.5, 0.6) is 0 Å². The largest absolute Gasteiger partial charge is 0.344 e. The maximum Gasteiger partial charge on any atom is 0.330 e. The number of hydrogen-bond acceptors (Lipinski definition) is 7. The van der Waals surface area contributed by atoms with Gasteiger partial charge >= 0.3 is 5.69 Å². The van der Waals surface area contributed by atoms with E-state index in [1.54, 1.807) is 6.92 Å². The topological polar surface area (TPSA) is 107 Å². The number of Topliss-reactive ketones (excluding diaryl/α,β-unsaturated/α-hetero) is 1. The molecule has 0 aromatic carbocycles. The van der Waals surface area contributed by atoms with Gasteiger partial charge in [0.1, 0.15) is 25.0 Å². The summed E-state index contributed by atoms with van der Waals surface area (Å²) in [5.41, 5.74) is -0.758. The number of hydrogen-bond donors (Lipinski definition) is 1. The predicted molar refractivity (Wildman–Crippen MR) is 129 cm³/mol. The van der Waals surface area contributed by atoms with Crippen molar-refractivity contribution in [2.75, 3.05) is 13.2 Å². The summed E-state index contributed by atoms with van der Waals surface area (Å²) in [6.45, 7) is 17.1. The number of carbonyl (C=O) groups is 1. The SMILES string of the molecule is [C-]#[N+]CCOP(O[C@@H]1C[C@H](n2cc(C)c(=O)[nH]c2=O)O[C@@H]1C(=O)CCC#C)N(C(C)C)C(C)C. The van der Waals surface area contributed by atoms with Gasteiger partial charge in [0.25, 0.3) is 14.1 Å². The molecule has 1 aromatic heterocycles. The molecular weight excluding hydrogens is 459 g/mol. The van der Waals surface area contributed by atoms with Crippen LogP contribution in [0.15, 0.2) is 15.8 Å². The van der Waals surface area contributed by atoms with Gasteiger partial charge in [-0.25, -0.2) is 16.0 Å². The van der Waals surface area contributed by atoms with Crippen LogP contribution in [-0.2, 0) is 18.6 Å². The van der Waals surface area contributed by atoms with Gasteiger partial charge in [0, 0.05) is 43.1 Å². The number of aryl methyl sites for hydroxylation is 1. The van der Waals surface area contributed by atoms with Crippen molar-refractivity contribution in [3.8, 4) is 12.3 Å². The first-order valence-corrected chi connectivity index (χ1v) is 12.4. The molecule has 0 amide bonds. The number of nitrogens with one attached hydrogen (secondary N) is 1. The molecule has 1 aliphatic rings. The summed E-state index contributed by atoms with van der Waals surface area (Å²) in [5, 5.41) is 0. The summed E-state index contributed by atoms with van der Waals surface area (Å²) >= 11 is 0. The van der Waals surface area contributed by atoms with Crippen molar-refractivity contribution in [2.45, 2.75) is 84.4 Å². The zero-order valence-electron chi connectivity index (χ0n) is 20.3. The lowest BCUT2D eigenvalue weighted by Crippen LogP contribution is -2.37. The first kappa shape index (κ1) is 27.9. The highest BCUT2D eigenvalue weighted by Gasteiger charge is 2.44. The first-order valence-electron chi connectivity index (χ1n) is 11.3. The Morgan fingerprint density at radius 3 is 2.68 bits per heavy atom. The quantitative estimate of drug-likeness (QED) is 0.207. The Hall–Kier alpha value is -2.33. The van der Waals surface area contributed by atoms with Gasteiger partial charge < -0.3 is 18.6 Å². The lowest BCUT2D eigenvalue weighted by Gasteiger charge is -2.37. The Bertz CT molecular complexity index is 1030. The molecule has 2 rings (SSSR count). The third-order valence-electron chi connectivity index (χ3n) is 5.24. The molecule has 1 aliphatic heterocycles. The number of aromatic nitrogens is 2. The predicted octanol–water partition coefficient (Wildman–Crippen LogP) is 2.78. The number of rotatable bonds is 12. The number of ether oxygens (including phenoxy) is 1. The summed E-state index contributed by atoms with van der Waals surface area (Å²) < 4.78 is 21.7. The van der Waals surface area contributed by atoms with Crippen LogP contribution >= 0.6 is 8.53 Å². The molecule has 0 saturated carbocycles. The van der Waals surface area contributed by atoms with E-state index >= 15 is 0 Å². The van der Waals surface area contributed by atoms with Crippen molar-refractivity contribution in [3.05, 3.63) is 44.0 Å². The van der Waals surface area contributed by atoms with E-state index in [1.165, 1.54) is 10.8 Å². The molecule has 0 aliphatic carbocycles. The Morgan fingerprint density at radius 1 is 1.41 bits per heavy atom. The van der Waals surface area contributed by atoms with Crippen molar-refractivity contribution in [3.63, 3.8) is 0 Å². The van der Waals surface area contributed by atoms with Crippen LogP contribution in [0.2, 0.25) is 0 Å². The summed E-state index contributed by atoms with van der Waals surface area (Å²) in [4.78, 5) is 42.8. The second-order valence-corrected chi connectivity index (χ2v) is 9.97. The zero-order chi connectivity index (χ0) is 25.4. The fourth-order valence-corrected chi connectivity index (χ4v) is 5.46. The minimum atomic E-state index is -1.62. The average molecular weight is 493 g/mol. The Labute approximate surface area is 201 Å². The van der Waals surface area contributed by atoms with Gasteiger partial charge in [-0.3, -0.25) is 19.1 Å². The highest BCUT2D eigenvalue weighted by atomic mass is 31.2. The van der Waals surface area contributed by atoms with Gasteiger partial charge in [0.05, 0.1) is 0 Å². The van der Waals surface area contributed by atoms with E-state index in [0.29, 0.717) is 5.56 Å². The first-order chi connectivity index (χ1) is 16.1. The fourth-order valence-electron chi connectivity index (χ4n) is 3.74. The maximum absolute atomic E-state index is 12.9. The van der Waals surface area contributed by atoms with Crippen LogP contribution < -0.4 is 11.2 Å². The molecule has 0 spiro atoms. The Morgan fingerprint density at radius 2 is 2.09 bits per heavy atom. The molecule has 186 valence electrons. The molecule has 1 fully saturated rings. The van der Waals surface area contributed by atoms with Crippen LogP contribution in [0, 0.1) is 25.8 Å². The Balaban J connectivity index is 2.37. The minimum absolute atomic E-state index is 0.0808. The molecular formula is C23H33N4O6P. The van der Waals surface area contributed by atoms with E-state index in [4.69, 9.17) is 26.8 Å². The zero-order valence-corrected chi connectivity index (χ0v) is 21.2.